The monoisotopic (exact) mass is 667 g/mol. The van der Waals surface area contributed by atoms with E-state index in [0.29, 0.717) is 17.5 Å². The Labute approximate surface area is 299 Å². The van der Waals surface area contributed by atoms with Gasteiger partial charge in [0.25, 0.3) is 0 Å². The van der Waals surface area contributed by atoms with E-state index in [-0.39, 0.29) is 12.0 Å². The molecule has 0 spiro atoms. The molecule has 2 unspecified atom stereocenters. The predicted molar refractivity (Wildman–Crippen MR) is 209 cm³/mol. The molecule has 244 valence electrons. The van der Waals surface area contributed by atoms with Crippen LogP contribution in [0.5, 0.6) is 5.75 Å². The fraction of sp³-hybridized carbons (Fsp3) is 0.0426. The normalized spacial score (nSPS) is 16.3. The van der Waals surface area contributed by atoms with Crippen molar-refractivity contribution in [3.8, 4) is 39.7 Å². The molecule has 0 fully saturated rings. The Bertz CT molecular complexity index is 2960. The van der Waals surface area contributed by atoms with Gasteiger partial charge in [0.15, 0.2) is 17.5 Å². The molecule has 0 saturated heterocycles. The van der Waals surface area contributed by atoms with Crippen LogP contribution in [0.15, 0.2) is 168 Å². The van der Waals surface area contributed by atoms with Gasteiger partial charge in [-0.15, -0.1) is 0 Å². The number of hydrogen-bond acceptors (Lipinski definition) is 5. The van der Waals surface area contributed by atoms with Gasteiger partial charge in [-0.3, -0.25) is 0 Å². The summed E-state index contributed by atoms with van der Waals surface area (Å²) in [4.78, 5) is 15.6. The molecular weight excluding hydrogens is 639 g/mol. The Hall–Kier alpha value is -6.85. The summed E-state index contributed by atoms with van der Waals surface area (Å²) in [6.45, 7) is 0. The molecule has 0 bridgehead atoms. The summed E-state index contributed by atoms with van der Waals surface area (Å²) in [7, 11) is 0. The van der Waals surface area contributed by atoms with Gasteiger partial charge in [0.05, 0.1) is 5.92 Å². The van der Waals surface area contributed by atoms with Gasteiger partial charge >= 0.3 is 0 Å². The minimum absolute atomic E-state index is 0.104. The van der Waals surface area contributed by atoms with Gasteiger partial charge in [-0.05, 0) is 51.4 Å². The van der Waals surface area contributed by atoms with E-state index in [9.17, 15) is 0 Å². The fourth-order valence-electron chi connectivity index (χ4n) is 8.19. The Morgan fingerprint density at radius 1 is 0.500 bits per heavy atom. The molecule has 5 nitrogen and oxygen atoms in total. The standard InChI is InChI=1S/C47H29N3O2/c1-2-13-28(14-3-1)45-48-46(50-47(49-45)38-27-29-15-4-5-16-30(29)31-17-6-7-18-32(31)38)37-23-12-26-41-43(37)36-22-10-21-34(44(36)52-41)33-20-11-25-40-42(33)35-19-8-9-24-39(35)51-40/h1-27,41,43H. The molecule has 1 aliphatic heterocycles. The summed E-state index contributed by atoms with van der Waals surface area (Å²) in [6.07, 6.45) is 6.15. The summed E-state index contributed by atoms with van der Waals surface area (Å²) in [5.41, 5.74) is 7.89. The molecule has 5 heteroatoms. The minimum Gasteiger partial charge on any atom is -0.484 e. The van der Waals surface area contributed by atoms with Crippen LogP contribution in [0.4, 0.5) is 0 Å². The number of hydrogen-bond donors (Lipinski definition) is 0. The number of furan rings is 1. The van der Waals surface area contributed by atoms with Crippen LogP contribution in [0.3, 0.4) is 0 Å². The molecule has 9 aromatic rings. The van der Waals surface area contributed by atoms with Gasteiger partial charge < -0.3 is 9.15 Å². The topological polar surface area (TPSA) is 61.0 Å². The number of fused-ring (bicyclic) bond motifs is 9. The number of benzene rings is 7. The largest absolute Gasteiger partial charge is 0.484 e. The van der Waals surface area contributed by atoms with Crippen molar-refractivity contribution in [3.63, 3.8) is 0 Å². The molecule has 2 aromatic heterocycles. The van der Waals surface area contributed by atoms with Crippen molar-refractivity contribution in [2.24, 2.45) is 0 Å². The summed E-state index contributed by atoms with van der Waals surface area (Å²) in [5.74, 6) is 2.70. The van der Waals surface area contributed by atoms with Crippen LogP contribution in [0.1, 0.15) is 17.3 Å². The highest BCUT2D eigenvalue weighted by Gasteiger charge is 2.40. The molecule has 3 heterocycles. The van der Waals surface area contributed by atoms with Crippen molar-refractivity contribution in [3.05, 3.63) is 175 Å². The van der Waals surface area contributed by atoms with Crippen LogP contribution in [-0.2, 0) is 0 Å². The Morgan fingerprint density at radius 3 is 2.10 bits per heavy atom. The molecule has 52 heavy (non-hydrogen) atoms. The molecule has 0 radical (unpaired) electrons. The third-order valence-corrected chi connectivity index (χ3v) is 10.5. The molecule has 7 aromatic carbocycles. The van der Waals surface area contributed by atoms with E-state index in [2.05, 4.69) is 127 Å². The second kappa shape index (κ2) is 11.3. The lowest BCUT2D eigenvalue weighted by Gasteiger charge is -2.22. The van der Waals surface area contributed by atoms with Crippen LogP contribution in [0.25, 0.3) is 83.0 Å². The third-order valence-electron chi connectivity index (χ3n) is 10.5. The molecule has 11 rings (SSSR count). The maximum atomic E-state index is 6.89. The summed E-state index contributed by atoms with van der Waals surface area (Å²) in [6, 6.07) is 50.3. The van der Waals surface area contributed by atoms with Crippen molar-refractivity contribution in [1.29, 1.82) is 0 Å². The highest BCUT2D eigenvalue weighted by molar-refractivity contribution is 6.14. The Kier molecular flexibility index (Phi) is 6.31. The quantitative estimate of drug-likeness (QED) is 0.175. The van der Waals surface area contributed by atoms with Gasteiger partial charge in [0.1, 0.15) is 23.0 Å². The number of ether oxygens (including phenoxy) is 1. The molecule has 2 atom stereocenters. The maximum Gasteiger partial charge on any atom is 0.164 e. The first-order valence-corrected chi connectivity index (χ1v) is 17.6. The first-order valence-electron chi connectivity index (χ1n) is 17.6. The summed E-state index contributed by atoms with van der Waals surface area (Å²) < 4.78 is 13.2. The number of rotatable bonds is 4. The average molecular weight is 668 g/mol. The number of allylic oxidation sites excluding steroid dienone is 2. The van der Waals surface area contributed by atoms with Crippen molar-refractivity contribution < 1.29 is 9.15 Å². The summed E-state index contributed by atoms with van der Waals surface area (Å²) in [5, 5.41) is 6.81. The van der Waals surface area contributed by atoms with E-state index < -0.39 is 0 Å². The number of para-hydroxylation sites is 2. The van der Waals surface area contributed by atoms with Crippen molar-refractivity contribution in [2.75, 3.05) is 0 Å². The van der Waals surface area contributed by atoms with Gasteiger partial charge in [-0.2, -0.15) is 0 Å². The predicted octanol–water partition coefficient (Wildman–Crippen LogP) is 11.6. The van der Waals surface area contributed by atoms with Gasteiger partial charge in [0, 0.05) is 38.6 Å². The zero-order valence-corrected chi connectivity index (χ0v) is 27.9. The SMILES string of the molecule is C1=CC2Oc3c(-c4cccc5oc6ccccc6c45)cccc3C2C(c2nc(-c3ccccc3)nc(-c3cc4ccccc4c4ccccc34)n2)=C1. The van der Waals surface area contributed by atoms with Crippen LogP contribution in [-0.4, -0.2) is 21.1 Å². The maximum absolute atomic E-state index is 6.89. The lowest BCUT2D eigenvalue weighted by molar-refractivity contribution is 0.272. The van der Waals surface area contributed by atoms with Crippen LogP contribution < -0.4 is 4.74 Å². The van der Waals surface area contributed by atoms with Gasteiger partial charge in [-0.25, -0.2) is 15.0 Å². The second-order valence-corrected chi connectivity index (χ2v) is 13.4. The second-order valence-electron chi connectivity index (χ2n) is 13.4. The van der Waals surface area contributed by atoms with Crippen molar-refractivity contribution >= 4 is 49.1 Å². The lowest BCUT2D eigenvalue weighted by Crippen LogP contribution is -2.20. The highest BCUT2D eigenvalue weighted by atomic mass is 16.5. The van der Waals surface area contributed by atoms with E-state index >= 15 is 0 Å². The Balaban J connectivity index is 1.10. The first-order chi connectivity index (χ1) is 25.8. The van der Waals surface area contributed by atoms with E-state index in [0.717, 1.165) is 71.9 Å². The zero-order valence-electron chi connectivity index (χ0n) is 27.9. The van der Waals surface area contributed by atoms with Crippen LogP contribution in [0.2, 0.25) is 0 Å². The van der Waals surface area contributed by atoms with E-state index in [1.54, 1.807) is 0 Å². The van der Waals surface area contributed by atoms with Crippen LogP contribution >= 0.6 is 0 Å². The fourth-order valence-corrected chi connectivity index (χ4v) is 8.19. The first kappa shape index (κ1) is 28.9. The lowest BCUT2D eigenvalue weighted by atomic mass is 9.83. The van der Waals surface area contributed by atoms with E-state index in [4.69, 9.17) is 24.1 Å². The van der Waals surface area contributed by atoms with Gasteiger partial charge in [-0.1, -0.05) is 140 Å². The molecule has 0 saturated carbocycles. The zero-order chi connectivity index (χ0) is 34.2. The molecule has 0 N–H and O–H groups in total. The average Bonchev–Trinajstić information content (AvgIpc) is 3.80. The van der Waals surface area contributed by atoms with Crippen molar-refractivity contribution in [2.45, 2.75) is 12.0 Å². The van der Waals surface area contributed by atoms with E-state index in [1.807, 2.05) is 36.4 Å². The van der Waals surface area contributed by atoms with Crippen LogP contribution in [0, 0.1) is 0 Å². The smallest absolute Gasteiger partial charge is 0.164 e. The highest BCUT2D eigenvalue weighted by Crippen LogP contribution is 2.52. The minimum atomic E-state index is -0.210. The molecule has 1 aliphatic carbocycles. The van der Waals surface area contributed by atoms with Crippen molar-refractivity contribution in [1.82, 2.24) is 15.0 Å². The molecule has 0 amide bonds. The molecule has 2 aliphatic rings. The van der Waals surface area contributed by atoms with Gasteiger partial charge in [0.2, 0.25) is 0 Å². The number of aromatic nitrogens is 3. The van der Waals surface area contributed by atoms with E-state index in [1.165, 1.54) is 10.8 Å². The third kappa shape index (κ3) is 4.39. The summed E-state index contributed by atoms with van der Waals surface area (Å²) >= 11 is 0. The Morgan fingerprint density at radius 2 is 1.19 bits per heavy atom. The number of nitrogens with zero attached hydrogens (tertiary/aromatic N) is 3. The molecular formula is C47H29N3O2.